The Morgan fingerprint density at radius 1 is 1.10 bits per heavy atom. The van der Waals surface area contributed by atoms with Crippen LogP contribution in [0, 0.1) is 0 Å². The standard InChI is InChI=1S/C21H19N5O4S/c1-29-16-9-5-3-7-14(16)23-18(27)12-31-21-24-19-13(20(28)25-21)11-22-26(19)15-8-4-6-10-17(15)30-2/h3-11H,12H2,1-2H3,(H,23,27)(H,24,25,28). The van der Waals surface area contributed by atoms with Gasteiger partial charge in [0.15, 0.2) is 10.8 Å². The summed E-state index contributed by atoms with van der Waals surface area (Å²) < 4.78 is 12.2. The van der Waals surface area contributed by atoms with E-state index in [9.17, 15) is 9.59 Å². The molecule has 10 heteroatoms. The van der Waals surface area contributed by atoms with E-state index < -0.39 is 0 Å². The molecule has 0 aliphatic rings. The Kier molecular flexibility index (Phi) is 5.89. The predicted molar refractivity (Wildman–Crippen MR) is 118 cm³/mol. The molecule has 31 heavy (non-hydrogen) atoms. The van der Waals surface area contributed by atoms with Gasteiger partial charge in [-0.2, -0.15) is 5.10 Å². The summed E-state index contributed by atoms with van der Waals surface area (Å²) in [5.74, 6) is 0.958. The number of amides is 1. The van der Waals surface area contributed by atoms with Gasteiger partial charge < -0.3 is 19.8 Å². The van der Waals surface area contributed by atoms with E-state index >= 15 is 0 Å². The molecule has 2 aromatic carbocycles. The van der Waals surface area contributed by atoms with E-state index in [1.807, 2.05) is 24.3 Å². The molecule has 4 rings (SSSR count). The topological polar surface area (TPSA) is 111 Å². The zero-order valence-electron chi connectivity index (χ0n) is 16.8. The average Bonchev–Trinajstić information content (AvgIpc) is 3.22. The number of H-pyrrole nitrogens is 1. The molecule has 0 aliphatic carbocycles. The van der Waals surface area contributed by atoms with Gasteiger partial charge in [0.2, 0.25) is 5.91 Å². The maximum atomic E-state index is 12.5. The number of nitrogens with zero attached hydrogens (tertiary/aromatic N) is 3. The number of hydrogen-bond acceptors (Lipinski definition) is 7. The van der Waals surface area contributed by atoms with Gasteiger partial charge in [-0.15, -0.1) is 0 Å². The summed E-state index contributed by atoms with van der Waals surface area (Å²) in [4.78, 5) is 32.1. The molecule has 4 aromatic rings. The first-order valence-corrected chi connectivity index (χ1v) is 10.3. The SMILES string of the molecule is COc1ccccc1NC(=O)CSc1nc2c(cnn2-c2ccccc2OC)c(=O)[nH]1. The van der Waals surface area contributed by atoms with Crippen LogP contribution in [-0.2, 0) is 4.79 Å². The highest BCUT2D eigenvalue weighted by Crippen LogP contribution is 2.26. The van der Waals surface area contributed by atoms with Gasteiger partial charge in [0.1, 0.15) is 22.6 Å². The number of thioether (sulfide) groups is 1. The Bertz CT molecular complexity index is 1300. The van der Waals surface area contributed by atoms with Crippen LogP contribution in [-0.4, -0.2) is 45.6 Å². The molecule has 0 spiro atoms. The van der Waals surface area contributed by atoms with E-state index in [2.05, 4.69) is 20.4 Å². The molecule has 0 atom stereocenters. The molecule has 0 radical (unpaired) electrons. The number of carbonyl (C=O) groups is 1. The molecule has 0 saturated carbocycles. The van der Waals surface area contributed by atoms with Gasteiger partial charge in [-0.05, 0) is 24.3 Å². The summed E-state index contributed by atoms with van der Waals surface area (Å²) in [7, 11) is 3.10. The first-order valence-electron chi connectivity index (χ1n) is 9.28. The molecular weight excluding hydrogens is 418 g/mol. The molecule has 2 N–H and O–H groups in total. The minimum absolute atomic E-state index is 0.0509. The number of carbonyl (C=O) groups excluding carboxylic acids is 1. The average molecular weight is 437 g/mol. The Hall–Kier alpha value is -3.79. The summed E-state index contributed by atoms with van der Waals surface area (Å²) in [6.45, 7) is 0. The number of fused-ring (bicyclic) bond motifs is 1. The van der Waals surface area contributed by atoms with Crippen LogP contribution in [0.2, 0.25) is 0 Å². The van der Waals surface area contributed by atoms with Gasteiger partial charge in [0.05, 0.1) is 31.9 Å². The second kappa shape index (κ2) is 8.92. The molecule has 0 bridgehead atoms. The highest BCUT2D eigenvalue weighted by Gasteiger charge is 2.15. The van der Waals surface area contributed by atoms with Crippen molar-refractivity contribution in [1.29, 1.82) is 0 Å². The maximum absolute atomic E-state index is 12.5. The lowest BCUT2D eigenvalue weighted by Gasteiger charge is -2.10. The molecule has 2 heterocycles. The van der Waals surface area contributed by atoms with Crippen molar-refractivity contribution in [2.75, 3.05) is 25.3 Å². The van der Waals surface area contributed by atoms with Crippen LogP contribution in [0.5, 0.6) is 11.5 Å². The largest absolute Gasteiger partial charge is 0.495 e. The number of hydrogen-bond donors (Lipinski definition) is 2. The molecule has 1 amide bonds. The molecule has 0 unspecified atom stereocenters. The maximum Gasteiger partial charge on any atom is 0.262 e. The Balaban J connectivity index is 1.57. The first kappa shape index (κ1) is 20.5. The number of methoxy groups -OCH3 is 2. The van der Waals surface area contributed by atoms with Crippen molar-refractivity contribution in [2.45, 2.75) is 5.16 Å². The van der Waals surface area contributed by atoms with Crippen molar-refractivity contribution in [2.24, 2.45) is 0 Å². The summed E-state index contributed by atoms with van der Waals surface area (Å²) in [6, 6.07) is 14.4. The third-order valence-electron chi connectivity index (χ3n) is 4.45. The third kappa shape index (κ3) is 4.24. The second-order valence-electron chi connectivity index (χ2n) is 6.37. The van der Waals surface area contributed by atoms with Crippen molar-refractivity contribution in [3.63, 3.8) is 0 Å². The first-order chi connectivity index (χ1) is 15.1. The molecule has 0 saturated heterocycles. The fraction of sp³-hybridized carbons (Fsp3) is 0.143. The number of anilines is 1. The summed E-state index contributed by atoms with van der Waals surface area (Å²) in [5.41, 5.74) is 1.27. The van der Waals surface area contributed by atoms with Crippen molar-refractivity contribution in [1.82, 2.24) is 19.7 Å². The van der Waals surface area contributed by atoms with Gasteiger partial charge in [0.25, 0.3) is 5.56 Å². The minimum Gasteiger partial charge on any atom is -0.495 e. The van der Waals surface area contributed by atoms with Crippen LogP contribution in [0.3, 0.4) is 0 Å². The van der Waals surface area contributed by atoms with Crippen LogP contribution in [0.4, 0.5) is 5.69 Å². The summed E-state index contributed by atoms with van der Waals surface area (Å²) in [5, 5.41) is 7.74. The molecule has 0 aliphatic heterocycles. The normalized spacial score (nSPS) is 10.8. The molecule has 0 fully saturated rings. The lowest BCUT2D eigenvalue weighted by molar-refractivity contribution is -0.113. The zero-order valence-corrected chi connectivity index (χ0v) is 17.6. The van der Waals surface area contributed by atoms with Crippen molar-refractivity contribution in [3.05, 3.63) is 65.1 Å². The molecule has 158 valence electrons. The number of aromatic amines is 1. The smallest absolute Gasteiger partial charge is 0.262 e. The van der Waals surface area contributed by atoms with Gasteiger partial charge >= 0.3 is 0 Å². The van der Waals surface area contributed by atoms with Gasteiger partial charge in [-0.25, -0.2) is 9.67 Å². The van der Waals surface area contributed by atoms with E-state index in [4.69, 9.17) is 9.47 Å². The fourth-order valence-corrected chi connectivity index (χ4v) is 3.67. The van der Waals surface area contributed by atoms with Gasteiger partial charge in [-0.3, -0.25) is 9.59 Å². The van der Waals surface area contributed by atoms with Crippen LogP contribution >= 0.6 is 11.8 Å². The summed E-state index contributed by atoms with van der Waals surface area (Å²) >= 11 is 1.12. The van der Waals surface area contributed by atoms with E-state index in [1.54, 1.807) is 36.1 Å². The molecule has 2 aromatic heterocycles. The Morgan fingerprint density at radius 2 is 1.81 bits per heavy atom. The van der Waals surface area contributed by atoms with Crippen molar-refractivity contribution < 1.29 is 14.3 Å². The second-order valence-corrected chi connectivity index (χ2v) is 7.34. The number of aromatic nitrogens is 4. The quantitative estimate of drug-likeness (QED) is 0.338. The van der Waals surface area contributed by atoms with E-state index in [1.165, 1.54) is 13.3 Å². The third-order valence-corrected chi connectivity index (χ3v) is 5.32. The zero-order chi connectivity index (χ0) is 21.8. The number of ether oxygens (including phenoxy) is 2. The van der Waals surface area contributed by atoms with E-state index in [-0.39, 0.29) is 17.2 Å². The summed E-state index contributed by atoms with van der Waals surface area (Å²) in [6.07, 6.45) is 1.45. The number of para-hydroxylation sites is 4. The highest BCUT2D eigenvalue weighted by molar-refractivity contribution is 7.99. The minimum atomic E-state index is -0.334. The van der Waals surface area contributed by atoms with Gasteiger partial charge in [0, 0.05) is 0 Å². The van der Waals surface area contributed by atoms with Crippen molar-refractivity contribution in [3.8, 4) is 17.2 Å². The van der Waals surface area contributed by atoms with E-state index in [0.717, 1.165) is 11.8 Å². The lowest BCUT2D eigenvalue weighted by atomic mass is 10.3. The fourth-order valence-electron chi connectivity index (χ4n) is 3.02. The Morgan fingerprint density at radius 3 is 2.58 bits per heavy atom. The number of benzene rings is 2. The monoisotopic (exact) mass is 437 g/mol. The van der Waals surface area contributed by atoms with Crippen LogP contribution in [0.25, 0.3) is 16.7 Å². The molecule has 9 nitrogen and oxygen atoms in total. The molecular formula is C21H19N5O4S. The van der Waals surface area contributed by atoms with Crippen LogP contribution < -0.4 is 20.3 Å². The number of nitrogens with one attached hydrogen (secondary N) is 2. The van der Waals surface area contributed by atoms with E-state index in [0.29, 0.717) is 39.1 Å². The Labute approximate surface area is 181 Å². The van der Waals surface area contributed by atoms with Crippen LogP contribution in [0.15, 0.2) is 64.7 Å². The number of rotatable bonds is 7. The lowest BCUT2D eigenvalue weighted by Crippen LogP contribution is -2.16. The highest BCUT2D eigenvalue weighted by atomic mass is 32.2. The van der Waals surface area contributed by atoms with Crippen LogP contribution in [0.1, 0.15) is 0 Å². The van der Waals surface area contributed by atoms with Crippen molar-refractivity contribution >= 4 is 34.4 Å². The predicted octanol–water partition coefficient (Wildman–Crippen LogP) is 2.86. The van der Waals surface area contributed by atoms with Gasteiger partial charge in [-0.1, -0.05) is 36.0 Å².